The van der Waals surface area contributed by atoms with E-state index < -0.39 is 64.4 Å². The van der Waals surface area contributed by atoms with Crippen molar-refractivity contribution >= 4 is 63.7 Å². The number of hydrogen-bond donors (Lipinski definition) is 8. The SMILES string of the molecule is CCC[C@H](NC(=O)[C@@H]1C[C@@H](Oc2ccc(Cl)cn2)CN1C(=O)[C@@H](NC(=O)[C@@H](Nc1nc2cc(OC)ccc2o1)C1CCCCC1)C(C)(C)C)C(O)C(=O)NC1CC1.COc1ccc(O)c(N)c1.COc1ccc(O)c([N+](=O)[O-])c1. The van der Waals surface area contributed by atoms with Crippen LogP contribution in [0.4, 0.5) is 17.4 Å². The molecule has 3 aromatic carbocycles. The third-order valence-corrected chi connectivity index (χ3v) is 13.9. The van der Waals surface area contributed by atoms with Crippen LogP contribution in [0.1, 0.15) is 91.9 Å². The number of hydrogen-bond acceptors (Lipinski definition) is 18. The molecule has 0 radical (unpaired) electrons. The summed E-state index contributed by atoms with van der Waals surface area (Å²) in [7, 11) is 4.52. The fraction of sp³-hybridized carbons (Fsp3) is 0.491. The van der Waals surface area contributed by atoms with Gasteiger partial charge in [0.05, 0.1) is 55.6 Å². The van der Waals surface area contributed by atoms with Gasteiger partial charge in [0.1, 0.15) is 52.7 Å². The number of aliphatic hydroxyl groups is 1. The first kappa shape index (κ1) is 60.4. The number of nitro groups is 1. The number of methoxy groups -OCH3 is 3. The Morgan fingerprint density at radius 1 is 0.886 bits per heavy atom. The van der Waals surface area contributed by atoms with Gasteiger partial charge >= 0.3 is 5.69 Å². The summed E-state index contributed by atoms with van der Waals surface area (Å²) < 4.78 is 27.1. The van der Waals surface area contributed by atoms with Gasteiger partial charge in [0.2, 0.25) is 23.6 Å². The van der Waals surface area contributed by atoms with Gasteiger partial charge in [-0.25, -0.2) is 4.98 Å². The summed E-state index contributed by atoms with van der Waals surface area (Å²) in [5.74, 6) is -0.373. The Kier molecular flexibility index (Phi) is 21.2. The summed E-state index contributed by atoms with van der Waals surface area (Å²) >= 11 is 6.05. The number of carbonyl (C=O) groups is 4. The molecule has 2 aromatic heterocycles. The maximum Gasteiger partial charge on any atom is 0.314 e. The Balaban J connectivity index is 0.000000377. The van der Waals surface area contributed by atoms with Crippen molar-refractivity contribution in [2.75, 3.05) is 38.9 Å². The third kappa shape index (κ3) is 16.9. The second kappa shape index (κ2) is 27.7. The minimum Gasteiger partial charge on any atom is -0.506 e. The number of aliphatic hydroxyl groups excluding tert-OH is 1. The van der Waals surface area contributed by atoms with Gasteiger partial charge in [-0.15, -0.1) is 0 Å². The van der Waals surface area contributed by atoms with Gasteiger partial charge in [0.15, 0.2) is 17.4 Å². The second-order valence-electron chi connectivity index (χ2n) is 20.6. The second-order valence-corrected chi connectivity index (χ2v) is 21.1. The van der Waals surface area contributed by atoms with Crippen LogP contribution in [0.15, 0.2) is 77.3 Å². The minimum atomic E-state index is -1.47. The standard InChI is InChI=1S/C41H56ClN7O8.C7H7NO4.C7H9NO2/c1-6-10-28(34(50)38(53)44-25-14-15-25)45-36(51)30-20-27(56-32-18-13-24(42)21-43-32)22-49(30)39(54)35(41(2,3)4)48-37(52)33(23-11-8-7-9-12-23)47-40-46-29-19-26(55-5)16-17-31(29)57-40;1-12-5-2-3-7(9)6(4-5)8(10)11;1-10-5-2-3-7(9)6(8)4-5/h13,16-19,21,23,25,27-28,30,33-35,50H,6-12,14-15,20,22H2,1-5H3,(H,44,53)(H,45,51)(H,46,47)(H,48,52);2-4,9H,1H3;2-4,9H,8H2,1H3/t27-,28+,30+,33+,34?,35-;;/m1../s1. The van der Waals surface area contributed by atoms with E-state index in [1.165, 1.54) is 36.4 Å². The highest BCUT2D eigenvalue weighted by Gasteiger charge is 2.47. The van der Waals surface area contributed by atoms with E-state index in [1.807, 2.05) is 27.7 Å². The highest BCUT2D eigenvalue weighted by molar-refractivity contribution is 6.30. The smallest absolute Gasteiger partial charge is 0.314 e. The van der Waals surface area contributed by atoms with Crippen LogP contribution in [0.3, 0.4) is 0 Å². The molecule has 3 aliphatic rings. The van der Waals surface area contributed by atoms with Crippen molar-refractivity contribution in [2.45, 2.75) is 134 Å². The number of nitrogen functional groups attached to an aromatic ring is 1. The molecule has 5 aromatic rings. The molecule has 9 N–H and O–H groups in total. The molecule has 0 bridgehead atoms. The number of nitrogens with two attached hydrogens (primary N) is 1. The molecule has 1 saturated heterocycles. The van der Waals surface area contributed by atoms with E-state index in [-0.39, 0.29) is 59.9 Å². The van der Waals surface area contributed by atoms with Crippen molar-refractivity contribution in [2.24, 2.45) is 11.3 Å². The number of phenols is 2. The van der Waals surface area contributed by atoms with Gasteiger partial charge in [-0.1, -0.05) is 65.0 Å². The average Bonchev–Trinajstić information content (AvgIpc) is 4.00. The number of benzene rings is 3. The molecular weight excluding hydrogens is 1050 g/mol. The lowest BCUT2D eigenvalue weighted by molar-refractivity contribution is -0.385. The molecule has 428 valence electrons. The van der Waals surface area contributed by atoms with Crippen LogP contribution in [0, 0.1) is 21.4 Å². The van der Waals surface area contributed by atoms with Crippen molar-refractivity contribution in [3.8, 4) is 34.6 Å². The van der Waals surface area contributed by atoms with Crippen molar-refractivity contribution in [1.29, 1.82) is 0 Å². The fourth-order valence-electron chi connectivity index (χ4n) is 9.15. The lowest BCUT2D eigenvalue weighted by Gasteiger charge is -2.37. The molecule has 24 heteroatoms. The van der Waals surface area contributed by atoms with E-state index in [0.29, 0.717) is 51.9 Å². The molecule has 79 heavy (non-hydrogen) atoms. The zero-order chi connectivity index (χ0) is 57.6. The van der Waals surface area contributed by atoms with Gasteiger partial charge in [0, 0.05) is 36.9 Å². The van der Waals surface area contributed by atoms with E-state index in [4.69, 9.17) is 50.9 Å². The fourth-order valence-corrected chi connectivity index (χ4v) is 9.26. The minimum absolute atomic E-state index is 0.0174. The van der Waals surface area contributed by atoms with Crippen molar-refractivity contribution in [3.63, 3.8) is 0 Å². The van der Waals surface area contributed by atoms with Crippen LogP contribution < -0.4 is 45.9 Å². The van der Waals surface area contributed by atoms with Crippen LogP contribution >= 0.6 is 11.6 Å². The zero-order valence-electron chi connectivity index (χ0n) is 45.4. The predicted molar refractivity (Wildman–Crippen MR) is 294 cm³/mol. The number of oxazole rings is 1. The number of halogens is 1. The number of amides is 4. The van der Waals surface area contributed by atoms with E-state index in [9.17, 15) is 34.4 Å². The number of anilines is 2. The highest BCUT2D eigenvalue weighted by Crippen LogP contribution is 2.34. The molecule has 4 amide bonds. The number of aromatic hydroxyl groups is 2. The van der Waals surface area contributed by atoms with Crippen LogP contribution in [0.25, 0.3) is 11.1 Å². The summed E-state index contributed by atoms with van der Waals surface area (Å²) in [5, 5.41) is 51.7. The maximum atomic E-state index is 14.9. The van der Waals surface area contributed by atoms with Gasteiger partial charge in [-0.05, 0) is 85.9 Å². The zero-order valence-corrected chi connectivity index (χ0v) is 46.2. The normalized spacial score (nSPS) is 17.7. The quantitative estimate of drug-likeness (QED) is 0.0178. The monoisotopic (exact) mass is 1120 g/mol. The Bertz CT molecular complexity index is 2870. The molecular formula is C55H72ClN9O14. The number of rotatable bonds is 19. The lowest BCUT2D eigenvalue weighted by atomic mass is 9.82. The molecule has 0 spiro atoms. The van der Waals surface area contributed by atoms with Crippen LogP contribution in [0.5, 0.6) is 34.6 Å². The molecule has 1 unspecified atom stereocenters. The van der Waals surface area contributed by atoms with E-state index in [0.717, 1.165) is 51.0 Å². The van der Waals surface area contributed by atoms with Crippen LogP contribution in [-0.4, -0.2) is 129 Å². The first-order valence-corrected chi connectivity index (χ1v) is 26.5. The summed E-state index contributed by atoms with van der Waals surface area (Å²) in [6.07, 6.45) is 6.68. The molecule has 2 saturated carbocycles. The third-order valence-electron chi connectivity index (χ3n) is 13.6. The maximum absolute atomic E-state index is 14.9. The van der Waals surface area contributed by atoms with Crippen molar-refractivity contribution < 1.29 is 62.8 Å². The number of nitrogens with zero attached hydrogens (tertiary/aromatic N) is 4. The van der Waals surface area contributed by atoms with Crippen LogP contribution in [0.2, 0.25) is 5.02 Å². The molecule has 3 heterocycles. The van der Waals surface area contributed by atoms with Crippen LogP contribution in [-0.2, 0) is 19.2 Å². The van der Waals surface area contributed by atoms with Gasteiger partial charge in [0.25, 0.3) is 11.9 Å². The number of nitrogens with one attached hydrogen (secondary N) is 4. The number of pyridine rings is 1. The number of aromatic nitrogens is 2. The lowest BCUT2D eigenvalue weighted by Crippen LogP contribution is -2.61. The molecule has 2 aliphatic carbocycles. The summed E-state index contributed by atoms with van der Waals surface area (Å²) in [6.45, 7) is 7.48. The number of ether oxygens (including phenoxy) is 4. The van der Waals surface area contributed by atoms with E-state index in [1.54, 1.807) is 56.7 Å². The summed E-state index contributed by atoms with van der Waals surface area (Å²) in [6, 6.07) is 13.5. The Labute approximate surface area is 463 Å². The topological polar surface area (TPSA) is 325 Å². The van der Waals surface area contributed by atoms with Gasteiger partial charge in [-0.2, -0.15) is 4.98 Å². The first-order valence-electron chi connectivity index (χ1n) is 26.2. The first-order chi connectivity index (χ1) is 37.6. The molecule has 3 fully saturated rings. The van der Waals surface area contributed by atoms with E-state index in [2.05, 4.69) is 31.2 Å². The molecule has 8 rings (SSSR count). The molecule has 6 atom stereocenters. The van der Waals surface area contributed by atoms with E-state index >= 15 is 0 Å². The summed E-state index contributed by atoms with van der Waals surface area (Å²) in [4.78, 5) is 76.3. The van der Waals surface area contributed by atoms with Gasteiger partial charge in [-0.3, -0.25) is 29.3 Å². The number of fused-ring (bicyclic) bond motifs is 1. The Hall–Kier alpha value is -7.79. The van der Waals surface area contributed by atoms with Crippen molar-refractivity contribution in [1.82, 2.24) is 30.8 Å². The predicted octanol–water partition coefficient (Wildman–Crippen LogP) is 7.04. The number of nitro benzene ring substituents is 1. The number of likely N-dealkylation sites (tertiary alicyclic amines) is 1. The Morgan fingerprint density at radius 3 is 2.13 bits per heavy atom. The largest absolute Gasteiger partial charge is 0.506 e. The molecule has 23 nitrogen and oxygen atoms in total. The Morgan fingerprint density at radius 2 is 1.53 bits per heavy atom. The van der Waals surface area contributed by atoms with Crippen molar-refractivity contribution in [3.05, 3.63) is 88.1 Å². The summed E-state index contributed by atoms with van der Waals surface area (Å²) in [5.41, 5.74) is 5.66. The highest BCUT2D eigenvalue weighted by atomic mass is 35.5. The number of carbonyl (C=O) groups excluding carboxylic acids is 4. The van der Waals surface area contributed by atoms with Gasteiger partial charge < -0.3 is 70.6 Å². The number of phenolic OH excluding ortho intramolecular Hbond substituents is 2. The molecule has 1 aliphatic heterocycles. The average molecular weight is 1120 g/mol.